The molecule has 0 spiro atoms. The molecule has 2 N–H and O–H groups in total. The van der Waals surface area contributed by atoms with E-state index < -0.39 is 0 Å². The second kappa shape index (κ2) is 5.05. The molecular formula is C15H17N5O. The van der Waals surface area contributed by atoms with Crippen molar-refractivity contribution in [2.24, 2.45) is 7.05 Å². The van der Waals surface area contributed by atoms with Crippen LogP contribution in [-0.2, 0) is 13.6 Å². The number of carbonyl (C=O) groups excluding carboxylic acids is 1. The fourth-order valence-corrected chi connectivity index (χ4v) is 2.46. The number of hydrogen-bond acceptors (Lipinski definition) is 3. The molecule has 6 heteroatoms. The van der Waals surface area contributed by atoms with Gasteiger partial charge in [-0.3, -0.25) is 14.6 Å². The normalized spacial score (nSPS) is 11.0. The predicted octanol–water partition coefficient (Wildman–Crippen LogP) is 1.84. The van der Waals surface area contributed by atoms with E-state index in [0.29, 0.717) is 12.2 Å². The van der Waals surface area contributed by atoms with Gasteiger partial charge in [0.25, 0.3) is 5.91 Å². The zero-order valence-electron chi connectivity index (χ0n) is 12.3. The van der Waals surface area contributed by atoms with Gasteiger partial charge >= 0.3 is 0 Å². The summed E-state index contributed by atoms with van der Waals surface area (Å²) in [6.07, 6.45) is 0. The van der Waals surface area contributed by atoms with Crippen LogP contribution < -0.4 is 5.32 Å². The SMILES string of the molecule is Cc1nn(C)c(C)c1CNC(=O)c1n[nH]c2ccccc12. The average Bonchev–Trinajstić information content (AvgIpc) is 3.00. The first-order chi connectivity index (χ1) is 10.1. The lowest BCUT2D eigenvalue weighted by atomic mass is 10.2. The minimum absolute atomic E-state index is 0.185. The number of aromatic amines is 1. The molecule has 0 saturated carbocycles. The summed E-state index contributed by atoms with van der Waals surface area (Å²) in [7, 11) is 1.90. The number of carbonyl (C=O) groups is 1. The Morgan fingerprint density at radius 3 is 2.81 bits per heavy atom. The topological polar surface area (TPSA) is 75.6 Å². The molecule has 1 amide bonds. The highest BCUT2D eigenvalue weighted by atomic mass is 16.1. The zero-order chi connectivity index (χ0) is 15.0. The summed E-state index contributed by atoms with van der Waals surface area (Å²) in [5.74, 6) is -0.185. The van der Waals surface area contributed by atoms with Crippen molar-refractivity contribution >= 4 is 16.8 Å². The molecule has 0 bridgehead atoms. The minimum atomic E-state index is -0.185. The van der Waals surface area contributed by atoms with Gasteiger partial charge in [0, 0.05) is 30.2 Å². The zero-order valence-corrected chi connectivity index (χ0v) is 12.3. The van der Waals surface area contributed by atoms with E-state index in [9.17, 15) is 4.79 Å². The van der Waals surface area contributed by atoms with Gasteiger partial charge in [0.05, 0.1) is 11.2 Å². The van der Waals surface area contributed by atoms with Crippen LogP contribution in [0.4, 0.5) is 0 Å². The predicted molar refractivity (Wildman–Crippen MR) is 79.9 cm³/mol. The first-order valence-corrected chi connectivity index (χ1v) is 6.78. The van der Waals surface area contributed by atoms with Gasteiger partial charge in [-0.25, -0.2) is 0 Å². The molecule has 0 aliphatic heterocycles. The van der Waals surface area contributed by atoms with E-state index >= 15 is 0 Å². The molecule has 108 valence electrons. The number of para-hydroxylation sites is 1. The fourth-order valence-electron chi connectivity index (χ4n) is 2.46. The molecule has 21 heavy (non-hydrogen) atoms. The van der Waals surface area contributed by atoms with Crippen LogP contribution in [0.5, 0.6) is 0 Å². The molecule has 0 atom stereocenters. The van der Waals surface area contributed by atoms with Crippen molar-refractivity contribution < 1.29 is 4.79 Å². The summed E-state index contributed by atoms with van der Waals surface area (Å²) in [6, 6.07) is 7.58. The molecule has 0 radical (unpaired) electrons. The average molecular weight is 283 g/mol. The van der Waals surface area contributed by atoms with E-state index in [-0.39, 0.29) is 5.91 Å². The molecule has 0 saturated heterocycles. The quantitative estimate of drug-likeness (QED) is 0.770. The summed E-state index contributed by atoms with van der Waals surface area (Å²) >= 11 is 0. The van der Waals surface area contributed by atoms with Gasteiger partial charge in [-0.15, -0.1) is 0 Å². The van der Waals surface area contributed by atoms with Crippen molar-refractivity contribution in [3.05, 3.63) is 46.9 Å². The highest BCUT2D eigenvalue weighted by Gasteiger charge is 2.15. The largest absolute Gasteiger partial charge is 0.346 e. The van der Waals surface area contributed by atoms with E-state index in [1.165, 1.54) is 0 Å². The van der Waals surface area contributed by atoms with Crippen LogP contribution in [0.25, 0.3) is 10.9 Å². The van der Waals surface area contributed by atoms with Crippen molar-refractivity contribution in [1.29, 1.82) is 0 Å². The number of nitrogens with zero attached hydrogens (tertiary/aromatic N) is 3. The molecule has 0 fully saturated rings. The van der Waals surface area contributed by atoms with Gasteiger partial charge < -0.3 is 5.32 Å². The summed E-state index contributed by atoms with van der Waals surface area (Å²) in [5, 5.41) is 15.1. The molecule has 0 aliphatic rings. The van der Waals surface area contributed by atoms with E-state index in [2.05, 4.69) is 20.6 Å². The van der Waals surface area contributed by atoms with Crippen LogP contribution >= 0.6 is 0 Å². The Balaban J connectivity index is 1.81. The Morgan fingerprint density at radius 2 is 2.10 bits per heavy atom. The van der Waals surface area contributed by atoms with Crippen molar-refractivity contribution in [3.8, 4) is 0 Å². The fraction of sp³-hybridized carbons (Fsp3) is 0.267. The van der Waals surface area contributed by atoms with Crippen LogP contribution in [0.15, 0.2) is 24.3 Å². The first kappa shape index (κ1) is 13.4. The number of nitrogens with one attached hydrogen (secondary N) is 2. The van der Waals surface area contributed by atoms with Crippen LogP contribution in [-0.4, -0.2) is 25.9 Å². The van der Waals surface area contributed by atoms with Gasteiger partial charge in [-0.1, -0.05) is 18.2 Å². The highest BCUT2D eigenvalue weighted by molar-refractivity contribution is 6.04. The van der Waals surface area contributed by atoms with Gasteiger partial charge in [0.15, 0.2) is 5.69 Å². The summed E-state index contributed by atoms with van der Waals surface area (Å²) in [5.41, 5.74) is 4.31. The lowest BCUT2D eigenvalue weighted by Crippen LogP contribution is -2.24. The van der Waals surface area contributed by atoms with E-state index in [0.717, 1.165) is 27.9 Å². The van der Waals surface area contributed by atoms with Gasteiger partial charge in [-0.05, 0) is 19.9 Å². The van der Waals surface area contributed by atoms with E-state index in [1.54, 1.807) is 0 Å². The Bertz CT molecular complexity index is 815. The van der Waals surface area contributed by atoms with Crippen molar-refractivity contribution in [1.82, 2.24) is 25.3 Å². The number of rotatable bonds is 3. The number of hydrogen-bond donors (Lipinski definition) is 2. The first-order valence-electron chi connectivity index (χ1n) is 6.78. The molecule has 3 rings (SSSR count). The Hall–Kier alpha value is -2.63. The summed E-state index contributed by atoms with van der Waals surface area (Å²) in [4.78, 5) is 12.3. The van der Waals surface area contributed by atoms with Crippen LogP contribution in [0, 0.1) is 13.8 Å². The van der Waals surface area contributed by atoms with E-state index in [4.69, 9.17) is 0 Å². The second-order valence-corrected chi connectivity index (χ2v) is 5.07. The van der Waals surface area contributed by atoms with Crippen LogP contribution in [0.1, 0.15) is 27.4 Å². The molecule has 1 aromatic carbocycles. The van der Waals surface area contributed by atoms with Crippen molar-refractivity contribution in [3.63, 3.8) is 0 Å². The third kappa shape index (κ3) is 2.29. The molecule has 0 unspecified atom stereocenters. The van der Waals surface area contributed by atoms with Crippen LogP contribution in [0.3, 0.4) is 0 Å². The lowest BCUT2D eigenvalue weighted by molar-refractivity contribution is 0.0947. The molecule has 3 aromatic rings. The molecule has 2 heterocycles. The smallest absolute Gasteiger partial charge is 0.272 e. The molecular weight excluding hydrogens is 266 g/mol. The maximum Gasteiger partial charge on any atom is 0.272 e. The Morgan fingerprint density at radius 1 is 1.33 bits per heavy atom. The highest BCUT2D eigenvalue weighted by Crippen LogP contribution is 2.16. The van der Waals surface area contributed by atoms with Crippen molar-refractivity contribution in [2.45, 2.75) is 20.4 Å². The van der Waals surface area contributed by atoms with Gasteiger partial charge in [0.1, 0.15) is 0 Å². The standard InChI is InChI=1S/C15H17N5O/c1-9-12(10(2)20(3)19-9)8-16-15(21)14-11-6-4-5-7-13(11)17-18-14/h4-7H,8H2,1-3H3,(H,16,21)(H,17,18). The van der Waals surface area contributed by atoms with Gasteiger partial charge in [0.2, 0.25) is 0 Å². The van der Waals surface area contributed by atoms with Gasteiger partial charge in [-0.2, -0.15) is 10.2 Å². The van der Waals surface area contributed by atoms with Crippen LogP contribution in [0.2, 0.25) is 0 Å². The molecule has 6 nitrogen and oxygen atoms in total. The second-order valence-electron chi connectivity index (χ2n) is 5.07. The third-order valence-corrected chi connectivity index (χ3v) is 3.77. The summed E-state index contributed by atoms with van der Waals surface area (Å²) < 4.78 is 1.82. The lowest BCUT2D eigenvalue weighted by Gasteiger charge is -2.04. The molecule has 0 aliphatic carbocycles. The number of aryl methyl sites for hydroxylation is 2. The Labute approximate surface area is 122 Å². The van der Waals surface area contributed by atoms with E-state index in [1.807, 2.05) is 49.8 Å². The van der Waals surface area contributed by atoms with Crippen molar-refractivity contribution in [2.75, 3.05) is 0 Å². The number of aromatic nitrogens is 4. The third-order valence-electron chi connectivity index (χ3n) is 3.77. The monoisotopic (exact) mass is 283 g/mol. The number of benzene rings is 1. The maximum atomic E-state index is 12.3. The summed E-state index contributed by atoms with van der Waals surface area (Å²) in [6.45, 7) is 4.38. The Kier molecular flexibility index (Phi) is 3.21. The number of amides is 1. The minimum Gasteiger partial charge on any atom is -0.346 e. The maximum absolute atomic E-state index is 12.3. The molecule has 2 aromatic heterocycles. The number of fused-ring (bicyclic) bond motifs is 1. The number of H-pyrrole nitrogens is 1.